The first-order chi connectivity index (χ1) is 12.8. The summed E-state index contributed by atoms with van der Waals surface area (Å²) in [5.74, 6) is 0.587. The zero-order valence-electron chi connectivity index (χ0n) is 15.9. The third-order valence-corrected chi connectivity index (χ3v) is 4.86. The lowest BCUT2D eigenvalue weighted by molar-refractivity contribution is 0.102. The molecular weight excluding hydrogens is 358 g/mol. The maximum Gasteiger partial charge on any atom is 0.257 e. The van der Waals surface area contributed by atoms with Crippen LogP contribution in [-0.2, 0) is 12.0 Å². The molecule has 0 radical (unpaired) electrons. The van der Waals surface area contributed by atoms with Crippen molar-refractivity contribution in [2.75, 3.05) is 5.32 Å². The molecule has 2 aromatic carbocycles. The molecule has 6 heteroatoms. The summed E-state index contributed by atoms with van der Waals surface area (Å²) in [5, 5.41) is 12.0. The Morgan fingerprint density at radius 1 is 1.11 bits per heavy atom. The van der Waals surface area contributed by atoms with Gasteiger partial charge in [-0.1, -0.05) is 61.9 Å². The largest absolute Gasteiger partial charge is 0.486 e. The standard InChI is InChI=1S/C21H23N3O2S/c1-14-6-5-7-15(12-14)19(25)22-20-24-23-18(27-20)13-26-17-10-8-16(9-11-17)21(2,3)4/h5-12H,13H2,1-4H3,(H,22,24,25). The molecule has 3 rings (SSSR count). The molecule has 0 aliphatic carbocycles. The highest BCUT2D eigenvalue weighted by Gasteiger charge is 2.14. The van der Waals surface area contributed by atoms with Crippen LogP contribution < -0.4 is 10.1 Å². The molecule has 27 heavy (non-hydrogen) atoms. The van der Waals surface area contributed by atoms with Crippen molar-refractivity contribution in [2.45, 2.75) is 39.7 Å². The fraction of sp³-hybridized carbons (Fsp3) is 0.286. The van der Waals surface area contributed by atoms with E-state index in [1.807, 2.05) is 37.3 Å². The van der Waals surface area contributed by atoms with E-state index in [-0.39, 0.29) is 11.3 Å². The summed E-state index contributed by atoms with van der Waals surface area (Å²) in [6, 6.07) is 15.5. The van der Waals surface area contributed by atoms with Crippen LogP contribution in [-0.4, -0.2) is 16.1 Å². The lowest BCUT2D eigenvalue weighted by Gasteiger charge is -2.19. The van der Waals surface area contributed by atoms with E-state index in [1.165, 1.54) is 16.9 Å². The number of rotatable bonds is 5. The van der Waals surface area contributed by atoms with Gasteiger partial charge in [-0.25, -0.2) is 0 Å². The number of nitrogens with one attached hydrogen (secondary N) is 1. The first-order valence-electron chi connectivity index (χ1n) is 8.75. The van der Waals surface area contributed by atoms with Crippen LogP contribution in [0.15, 0.2) is 48.5 Å². The summed E-state index contributed by atoms with van der Waals surface area (Å²) in [6.45, 7) is 8.79. The minimum Gasteiger partial charge on any atom is -0.486 e. The van der Waals surface area contributed by atoms with Crippen LogP contribution in [0, 0.1) is 6.92 Å². The first kappa shape index (κ1) is 19.0. The van der Waals surface area contributed by atoms with Crippen molar-refractivity contribution in [2.24, 2.45) is 0 Å². The van der Waals surface area contributed by atoms with Gasteiger partial charge in [-0.2, -0.15) is 0 Å². The van der Waals surface area contributed by atoms with E-state index in [2.05, 4.69) is 48.4 Å². The second kappa shape index (κ2) is 7.88. The van der Waals surface area contributed by atoms with E-state index in [9.17, 15) is 4.79 Å². The van der Waals surface area contributed by atoms with E-state index in [0.29, 0.717) is 22.3 Å². The number of aromatic nitrogens is 2. The number of benzene rings is 2. The number of aryl methyl sites for hydroxylation is 1. The minimum atomic E-state index is -0.194. The van der Waals surface area contributed by atoms with E-state index < -0.39 is 0 Å². The zero-order chi connectivity index (χ0) is 19.4. The van der Waals surface area contributed by atoms with Gasteiger partial charge in [-0.3, -0.25) is 10.1 Å². The van der Waals surface area contributed by atoms with Crippen molar-refractivity contribution in [3.05, 3.63) is 70.2 Å². The van der Waals surface area contributed by atoms with Crippen molar-refractivity contribution in [3.8, 4) is 5.75 Å². The van der Waals surface area contributed by atoms with Crippen LogP contribution >= 0.6 is 11.3 Å². The number of hydrogen-bond donors (Lipinski definition) is 1. The Morgan fingerprint density at radius 2 is 1.85 bits per heavy atom. The second-order valence-electron chi connectivity index (χ2n) is 7.39. The number of carbonyl (C=O) groups is 1. The molecule has 5 nitrogen and oxygen atoms in total. The number of carbonyl (C=O) groups excluding carboxylic acids is 1. The summed E-state index contributed by atoms with van der Waals surface area (Å²) in [6.07, 6.45) is 0. The van der Waals surface area contributed by atoms with Crippen LogP contribution in [0.3, 0.4) is 0 Å². The SMILES string of the molecule is Cc1cccc(C(=O)Nc2nnc(COc3ccc(C(C)(C)C)cc3)s2)c1. The summed E-state index contributed by atoms with van der Waals surface area (Å²) in [4.78, 5) is 12.3. The quantitative estimate of drug-likeness (QED) is 0.677. The summed E-state index contributed by atoms with van der Waals surface area (Å²) < 4.78 is 5.77. The van der Waals surface area contributed by atoms with Gasteiger partial charge in [0.05, 0.1) is 0 Å². The van der Waals surface area contributed by atoms with Gasteiger partial charge in [-0.05, 0) is 42.2 Å². The number of hydrogen-bond acceptors (Lipinski definition) is 5. The normalized spacial score (nSPS) is 11.3. The molecule has 0 atom stereocenters. The molecule has 1 heterocycles. The molecule has 1 aromatic heterocycles. The Morgan fingerprint density at radius 3 is 2.52 bits per heavy atom. The fourth-order valence-corrected chi connectivity index (χ4v) is 3.16. The number of amides is 1. The molecule has 1 amide bonds. The summed E-state index contributed by atoms with van der Waals surface area (Å²) in [5.41, 5.74) is 3.00. The van der Waals surface area contributed by atoms with Gasteiger partial charge in [0, 0.05) is 5.56 Å². The van der Waals surface area contributed by atoms with Gasteiger partial charge in [0.15, 0.2) is 5.01 Å². The Labute approximate surface area is 163 Å². The average molecular weight is 382 g/mol. The maximum atomic E-state index is 12.3. The van der Waals surface area contributed by atoms with Crippen molar-refractivity contribution >= 4 is 22.4 Å². The predicted molar refractivity (Wildman–Crippen MR) is 109 cm³/mol. The second-order valence-corrected chi connectivity index (χ2v) is 8.45. The monoisotopic (exact) mass is 381 g/mol. The molecule has 0 saturated carbocycles. The predicted octanol–water partition coefficient (Wildman–Crippen LogP) is 4.98. The molecule has 0 unspecified atom stereocenters. The first-order valence-corrected chi connectivity index (χ1v) is 9.57. The van der Waals surface area contributed by atoms with E-state index in [0.717, 1.165) is 11.3 Å². The van der Waals surface area contributed by atoms with Gasteiger partial charge in [0.25, 0.3) is 5.91 Å². The molecule has 140 valence electrons. The maximum absolute atomic E-state index is 12.3. The molecule has 0 bridgehead atoms. The zero-order valence-corrected chi connectivity index (χ0v) is 16.8. The highest BCUT2D eigenvalue weighted by molar-refractivity contribution is 7.15. The lowest BCUT2D eigenvalue weighted by atomic mass is 9.87. The van der Waals surface area contributed by atoms with Gasteiger partial charge in [0.1, 0.15) is 12.4 Å². The van der Waals surface area contributed by atoms with Crippen LogP contribution in [0.25, 0.3) is 0 Å². The fourth-order valence-electron chi connectivity index (χ4n) is 2.51. The molecule has 0 fully saturated rings. The van der Waals surface area contributed by atoms with Crippen LogP contribution in [0.5, 0.6) is 5.75 Å². The molecular formula is C21H23N3O2S. The highest BCUT2D eigenvalue weighted by atomic mass is 32.1. The van der Waals surface area contributed by atoms with Crippen LogP contribution in [0.2, 0.25) is 0 Å². The van der Waals surface area contributed by atoms with Crippen LogP contribution in [0.4, 0.5) is 5.13 Å². The lowest BCUT2D eigenvalue weighted by Crippen LogP contribution is -2.11. The molecule has 0 aliphatic heterocycles. The third kappa shape index (κ3) is 5.14. The molecule has 0 saturated heterocycles. The Hall–Kier alpha value is -2.73. The van der Waals surface area contributed by atoms with Gasteiger partial charge in [-0.15, -0.1) is 10.2 Å². The van der Waals surface area contributed by atoms with Gasteiger partial charge >= 0.3 is 0 Å². The number of nitrogens with zero attached hydrogens (tertiary/aromatic N) is 2. The molecule has 0 aliphatic rings. The summed E-state index contributed by atoms with van der Waals surface area (Å²) >= 11 is 1.31. The van der Waals surface area contributed by atoms with Crippen molar-refractivity contribution in [1.29, 1.82) is 0 Å². The molecule has 1 N–H and O–H groups in total. The van der Waals surface area contributed by atoms with Crippen molar-refractivity contribution in [1.82, 2.24) is 10.2 Å². The Balaban J connectivity index is 1.57. The van der Waals surface area contributed by atoms with Gasteiger partial charge < -0.3 is 4.74 Å². The van der Waals surface area contributed by atoms with E-state index >= 15 is 0 Å². The van der Waals surface area contributed by atoms with E-state index in [1.54, 1.807) is 6.07 Å². The topological polar surface area (TPSA) is 64.1 Å². The average Bonchev–Trinajstić information content (AvgIpc) is 3.07. The highest BCUT2D eigenvalue weighted by Crippen LogP contribution is 2.25. The van der Waals surface area contributed by atoms with E-state index in [4.69, 9.17) is 4.74 Å². The summed E-state index contributed by atoms with van der Waals surface area (Å²) in [7, 11) is 0. The molecule has 3 aromatic rings. The number of ether oxygens (including phenoxy) is 1. The third-order valence-electron chi connectivity index (χ3n) is 4.05. The van der Waals surface area contributed by atoms with Crippen molar-refractivity contribution < 1.29 is 9.53 Å². The Bertz CT molecular complexity index is 927. The molecule has 0 spiro atoms. The number of anilines is 1. The smallest absolute Gasteiger partial charge is 0.257 e. The Kier molecular flexibility index (Phi) is 5.56. The van der Waals surface area contributed by atoms with Gasteiger partial charge in [0.2, 0.25) is 5.13 Å². The van der Waals surface area contributed by atoms with Crippen LogP contribution in [0.1, 0.15) is 47.3 Å². The van der Waals surface area contributed by atoms with Crippen molar-refractivity contribution in [3.63, 3.8) is 0 Å². The minimum absolute atomic E-state index is 0.113.